The molecule has 0 fully saturated rings. The second-order valence-corrected chi connectivity index (χ2v) is 7.60. The normalized spacial score (nSPS) is 10.6. The molecule has 0 unspecified atom stereocenters. The molecule has 0 amide bonds. The summed E-state index contributed by atoms with van der Waals surface area (Å²) in [6.07, 6.45) is 2.33. The summed E-state index contributed by atoms with van der Waals surface area (Å²) < 4.78 is 18.9. The van der Waals surface area contributed by atoms with E-state index >= 15 is 0 Å². The van der Waals surface area contributed by atoms with Crippen LogP contribution in [0.5, 0.6) is 0 Å². The lowest BCUT2D eigenvalue weighted by atomic mass is 9.97. The van der Waals surface area contributed by atoms with E-state index in [9.17, 15) is 19.3 Å². The summed E-state index contributed by atoms with van der Waals surface area (Å²) in [5, 5.41) is 11.7. The fraction of sp³-hybridized carbons (Fsp3) is 0.148. The summed E-state index contributed by atoms with van der Waals surface area (Å²) in [5.41, 5.74) is 2.56. The number of furan rings is 1. The molecular formula is C27H20FNO4. The highest BCUT2D eigenvalue weighted by Crippen LogP contribution is 2.32. The lowest BCUT2D eigenvalue weighted by Crippen LogP contribution is -2.04. The molecule has 0 spiro atoms. The summed E-state index contributed by atoms with van der Waals surface area (Å²) >= 11 is 0. The van der Waals surface area contributed by atoms with Crippen LogP contribution in [0.3, 0.4) is 0 Å². The number of unbranched alkanes of at least 4 members (excludes halogenated alkanes) is 1. The number of nitro benzene ring substituents is 1. The Kier molecular flexibility index (Phi) is 6.32. The average Bonchev–Trinajstić information content (AvgIpc) is 3.19. The van der Waals surface area contributed by atoms with Crippen molar-refractivity contribution in [2.45, 2.75) is 26.2 Å². The third kappa shape index (κ3) is 4.83. The molecule has 0 saturated carbocycles. The van der Waals surface area contributed by atoms with Gasteiger partial charge in [-0.05, 0) is 61.0 Å². The average molecular weight is 441 g/mol. The van der Waals surface area contributed by atoms with Gasteiger partial charge in [-0.2, -0.15) is 0 Å². The number of aryl methyl sites for hydroxylation is 1. The van der Waals surface area contributed by atoms with Crippen molar-refractivity contribution in [3.05, 3.63) is 111 Å². The van der Waals surface area contributed by atoms with E-state index in [2.05, 4.69) is 11.8 Å². The van der Waals surface area contributed by atoms with Crippen LogP contribution in [-0.4, -0.2) is 10.7 Å². The number of rotatable bonds is 6. The van der Waals surface area contributed by atoms with E-state index in [1.807, 2.05) is 6.92 Å². The highest BCUT2D eigenvalue weighted by Gasteiger charge is 2.23. The third-order valence-electron chi connectivity index (χ3n) is 5.28. The largest absolute Gasteiger partial charge is 0.460 e. The molecule has 3 aromatic carbocycles. The maximum absolute atomic E-state index is 13.4. The van der Waals surface area contributed by atoms with Gasteiger partial charge in [-0.15, -0.1) is 0 Å². The van der Waals surface area contributed by atoms with E-state index in [4.69, 9.17) is 4.42 Å². The molecule has 33 heavy (non-hydrogen) atoms. The van der Waals surface area contributed by atoms with Gasteiger partial charge in [-0.1, -0.05) is 25.2 Å². The van der Waals surface area contributed by atoms with Crippen LogP contribution in [-0.2, 0) is 6.42 Å². The standard InChI is InChI=1S/C27H20FNO4/c1-2-3-4-25-26(23-17-22(29(31)32)15-16-24(23)33-25)27(30)20-11-7-18(8-12-20)5-6-19-9-13-21(28)14-10-19/h7-17H,2-4H2,1H3. The first-order valence-electron chi connectivity index (χ1n) is 10.6. The van der Waals surface area contributed by atoms with Gasteiger partial charge < -0.3 is 4.42 Å². The Morgan fingerprint density at radius 3 is 2.24 bits per heavy atom. The number of carbonyl (C=O) groups excluding carboxylic acids is 1. The quantitative estimate of drug-likeness (QED) is 0.149. The van der Waals surface area contributed by atoms with E-state index in [1.54, 1.807) is 36.4 Å². The summed E-state index contributed by atoms with van der Waals surface area (Å²) in [6, 6.07) is 17.0. The third-order valence-corrected chi connectivity index (χ3v) is 5.28. The van der Waals surface area contributed by atoms with Crippen molar-refractivity contribution in [1.29, 1.82) is 0 Å². The summed E-state index contributed by atoms with van der Waals surface area (Å²) in [7, 11) is 0. The Balaban J connectivity index is 1.68. The fourth-order valence-corrected chi connectivity index (χ4v) is 3.54. The van der Waals surface area contributed by atoms with Crippen LogP contribution in [0, 0.1) is 27.8 Å². The minimum atomic E-state index is -0.485. The van der Waals surface area contributed by atoms with Gasteiger partial charge in [0.2, 0.25) is 0 Å². The zero-order chi connectivity index (χ0) is 23.4. The Morgan fingerprint density at radius 2 is 1.64 bits per heavy atom. The van der Waals surface area contributed by atoms with Crippen LogP contribution >= 0.6 is 0 Å². The minimum absolute atomic E-state index is 0.0918. The Hall–Kier alpha value is -4.24. The van der Waals surface area contributed by atoms with Gasteiger partial charge in [-0.25, -0.2) is 4.39 Å². The molecule has 0 radical (unpaired) electrons. The smallest absolute Gasteiger partial charge is 0.270 e. The van der Waals surface area contributed by atoms with Crippen LogP contribution < -0.4 is 0 Å². The Bertz CT molecular complexity index is 1390. The van der Waals surface area contributed by atoms with Crippen molar-refractivity contribution in [2.75, 3.05) is 0 Å². The lowest BCUT2D eigenvalue weighted by molar-refractivity contribution is -0.384. The summed E-state index contributed by atoms with van der Waals surface area (Å²) in [5.74, 6) is 5.92. The predicted molar refractivity (Wildman–Crippen MR) is 124 cm³/mol. The van der Waals surface area contributed by atoms with Crippen molar-refractivity contribution in [3.63, 3.8) is 0 Å². The molecule has 4 rings (SSSR count). The number of carbonyl (C=O) groups is 1. The molecule has 0 aliphatic rings. The van der Waals surface area contributed by atoms with Crippen LogP contribution in [0.4, 0.5) is 10.1 Å². The number of halogens is 1. The fourth-order valence-electron chi connectivity index (χ4n) is 3.54. The van der Waals surface area contributed by atoms with E-state index in [1.165, 1.54) is 30.3 Å². The van der Waals surface area contributed by atoms with Crippen molar-refractivity contribution in [1.82, 2.24) is 0 Å². The first-order chi connectivity index (χ1) is 16.0. The van der Waals surface area contributed by atoms with E-state index in [0.717, 1.165) is 12.8 Å². The van der Waals surface area contributed by atoms with E-state index in [0.29, 0.717) is 45.4 Å². The molecule has 164 valence electrons. The predicted octanol–water partition coefficient (Wildman–Crippen LogP) is 6.45. The first-order valence-corrected chi connectivity index (χ1v) is 10.6. The van der Waals surface area contributed by atoms with Crippen LogP contribution in [0.15, 0.2) is 71.1 Å². The lowest BCUT2D eigenvalue weighted by Gasteiger charge is -2.03. The number of fused-ring (bicyclic) bond motifs is 1. The summed E-state index contributed by atoms with van der Waals surface area (Å²) in [6.45, 7) is 2.04. The zero-order valence-corrected chi connectivity index (χ0v) is 17.9. The Morgan fingerprint density at radius 1 is 1.00 bits per heavy atom. The molecule has 0 bridgehead atoms. The highest BCUT2D eigenvalue weighted by molar-refractivity contribution is 6.17. The monoisotopic (exact) mass is 441 g/mol. The molecule has 4 aromatic rings. The molecule has 0 N–H and O–H groups in total. The molecule has 1 heterocycles. The highest BCUT2D eigenvalue weighted by atomic mass is 19.1. The van der Waals surface area contributed by atoms with E-state index < -0.39 is 4.92 Å². The van der Waals surface area contributed by atoms with Gasteiger partial charge in [0, 0.05) is 40.6 Å². The van der Waals surface area contributed by atoms with Crippen molar-refractivity contribution >= 4 is 22.4 Å². The number of nitro groups is 1. The first kappa shape index (κ1) is 22.0. The molecule has 1 aromatic heterocycles. The van der Waals surface area contributed by atoms with Crippen molar-refractivity contribution < 1.29 is 18.5 Å². The zero-order valence-electron chi connectivity index (χ0n) is 17.9. The second kappa shape index (κ2) is 9.49. The molecule has 0 atom stereocenters. The molecule has 0 aliphatic heterocycles. The van der Waals surface area contributed by atoms with Crippen LogP contribution in [0.1, 0.15) is 52.6 Å². The van der Waals surface area contributed by atoms with Crippen LogP contribution in [0.25, 0.3) is 11.0 Å². The topological polar surface area (TPSA) is 73.3 Å². The van der Waals surface area contributed by atoms with Gasteiger partial charge >= 0.3 is 0 Å². The maximum Gasteiger partial charge on any atom is 0.270 e. The summed E-state index contributed by atoms with van der Waals surface area (Å²) in [4.78, 5) is 24.2. The van der Waals surface area contributed by atoms with Gasteiger partial charge in [0.15, 0.2) is 5.78 Å². The molecular weight excluding hydrogens is 421 g/mol. The molecule has 0 saturated heterocycles. The maximum atomic E-state index is 13.4. The molecule has 5 nitrogen and oxygen atoms in total. The molecule has 0 aliphatic carbocycles. The number of ketones is 1. The number of nitrogens with zero attached hydrogens (tertiary/aromatic N) is 1. The van der Waals surface area contributed by atoms with Crippen molar-refractivity contribution in [3.8, 4) is 11.8 Å². The van der Waals surface area contributed by atoms with Crippen LogP contribution in [0.2, 0.25) is 0 Å². The number of benzene rings is 3. The van der Waals surface area contributed by atoms with E-state index in [-0.39, 0.29) is 17.3 Å². The van der Waals surface area contributed by atoms with Crippen molar-refractivity contribution in [2.24, 2.45) is 0 Å². The Labute approximate surface area is 190 Å². The number of hydrogen-bond donors (Lipinski definition) is 0. The SMILES string of the molecule is CCCCc1oc2ccc([N+](=O)[O-])cc2c1C(=O)c1ccc(C#Cc2ccc(F)cc2)cc1. The van der Waals surface area contributed by atoms with Gasteiger partial charge in [0.05, 0.1) is 10.5 Å². The molecule has 6 heteroatoms. The number of hydrogen-bond acceptors (Lipinski definition) is 4. The van der Waals surface area contributed by atoms with Gasteiger partial charge in [-0.3, -0.25) is 14.9 Å². The van der Waals surface area contributed by atoms with Gasteiger partial charge in [0.1, 0.15) is 17.2 Å². The van der Waals surface area contributed by atoms with Gasteiger partial charge in [0.25, 0.3) is 5.69 Å². The minimum Gasteiger partial charge on any atom is -0.460 e. The number of non-ortho nitro benzene ring substituents is 1. The second-order valence-electron chi connectivity index (χ2n) is 7.60.